The normalized spacial score (nSPS) is 10.8. The Labute approximate surface area is 165 Å². The summed E-state index contributed by atoms with van der Waals surface area (Å²) in [5, 5.41) is 8.83. The summed E-state index contributed by atoms with van der Waals surface area (Å²) < 4.78 is 22.5. The van der Waals surface area contributed by atoms with E-state index in [2.05, 4.69) is 14.9 Å². The molecule has 0 spiro atoms. The van der Waals surface area contributed by atoms with Gasteiger partial charge in [-0.3, -0.25) is 9.36 Å². The van der Waals surface area contributed by atoms with Crippen LogP contribution in [0.15, 0.2) is 38.5 Å². The number of esters is 2. The quantitative estimate of drug-likeness (QED) is 0.412. The van der Waals surface area contributed by atoms with Crippen LogP contribution in [0, 0.1) is 6.92 Å². The Morgan fingerprint density at radius 2 is 2.14 bits per heavy atom. The second-order valence-corrected chi connectivity index (χ2v) is 6.59. The van der Waals surface area contributed by atoms with Crippen molar-refractivity contribution in [3.63, 3.8) is 0 Å². The van der Waals surface area contributed by atoms with Gasteiger partial charge in [0.2, 0.25) is 0 Å². The summed E-state index contributed by atoms with van der Waals surface area (Å²) in [6, 6.07) is 5.08. The summed E-state index contributed by atoms with van der Waals surface area (Å²) in [6.45, 7) is 4.15. The van der Waals surface area contributed by atoms with Gasteiger partial charge in [-0.15, -0.1) is 10.2 Å². The summed E-state index contributed by atoms with van der Waals surface area (Å²) in [5.41, 5.74) is 0.310. The molecule has 0 saturated carbocycles. The molecule has 0 aliphatic heterocycles. The molecule has 0 unspecified atom stereocenters. The highest BCUT2D eigenvalue weighted by Gasteiger charge is 2.18. The van der Waals surface area contributed by atoms with Crippen molar-refractivity contribution in [2.75, 3.05) is 12.9 Å². The van der Waals surface area contributed by atoms with Gasteiger partial charge >= 0.3 is 11.9 Å². The lowest BCUT2D eigenvalue weighted by atomic mass is 10.2. The van der Waals surface area contributed by atoms with Crippen molar-refractivity contribution in [1.29, 1.82) is 0 Å². The molecule has 0 aromatic carbocycles. The maximum atomic E-state index is 12.1. The van der Waals surface area contributed by atoms with E-state index in [4.69, 9.17) is 13.6 Å². The molecule has 3 rings (SSSR count). The lowest BCUT2D eigenvalue weighted by Gasteiger charge is -2.06. The molecule has 0 aliphatic rings. The van der Waals surface area contributed by atoms with Crippen molar-refractivity contribution in [1.82, 2.24) is 14.8 Å². The first kappa shape index (κ1) is 19.7. The Balaban J connectivity index is 1.56. The second kappa shape index (κ2) is 8.79. The zero-order valence-electron chi connectivity index (χ0n) is 15.6. The highest BCUT2D eigenvalue weighted by molar-refractivity contribution is 7.99. The van der Waals surface area contributed by atoms with Gasteiger partial charge < -0.3 is 18.3 Å². The molecule has 0 saturated heterocycles. The minimum absolute atomic E-state index is 0.0554. The lowest BCUT2D eigenvalue weighted by molar-refractivity contribution is -0.142. The number of aryl methyl sites for hydroxylation is 1. The minimum Gasteiger partial charge on any atom is -0.465 e. The molecule has 0 radical (unpaired) electrons. The Morgan fingerprint density at radius 3 is 2.82 bits per heavy atom. The number of hydrogen-bond acceptors (Lipinski definition) is 9. The molecule has 10 heteroatoms. The van der Waals surface area contributed by atoms with Crippen LogP contribution in [-0.4, -0.2) is 39.6 Å². The molecule has 0 atom stereocenters. The summed E-state index contributed by atoms with van der Waals surface area (Å²) in [7, 11) is 1.29. The van der Waals surface area contributed by atoms with E-state index in [0.29, 0.717) is 40.4 Å². The zero-order chi connectivity index (χ0) is 20.1. The summed E-state index contributed by atoms with van der Waals surface area (Å²) in [4.78, 5) is 23.6. The third kappa shape index (κ3) is 4.28. The highest BCUT2D eigenvalue weighted by atomic mass is 32.2. The molecule has 0 bridgehead atoms. The molecule has 28 heavy (non-hydrogen) atoms. The van der Waals surface area contributed by atoms with E-state index in [-0.39, 0.29) is 12.4 Å². The number of methoxy groups -OCH3 is 1. The van der Waals surface area contributed by atoms with E-state index in [1.165, 1.54) is 24.9 Å². The van der Waals surface area contributed by atoms with Crippen LogP contribution >= 0.6 is 11.8 Å². The molecule has 0 aliphatic carbocycles. The first-order valence-electron chi connectivity index (χ1n) is 8.46. The van der Waals surface area contributed by atoms with Crippen LogP contribution in [0.5, 0.6) is 0 Å². The number of hydrogen-bond donors (Lipinski definition) is 0. The van der Waals surface area contributed by atoms with Crippen LogP contribution < -0.4 is 0 Å². The fourth-order valence-electron chi connectivity index (χ4n) is 2.51. The molecular weight excluding hydrogens is 386 g/mol. The number of nitrogens with zero attached hydrogens (tertiary/aromatic N) is 3. The average molecular weight is 405 g/mol. The molecular formula is C18H19N3O6S. The number of carbonyl (C=O) groups is 2. The largest absolute Gasteiger partial charge is 0.465 e. The molecule has 0 N–H and O–H groups in total. The van der Waals surface area contributed by atoms with E-state index in [0.717, 1.165) is 0 Å². The number of aromatic nitrogens is 3. The Hall–Kier alpha value is -3.01. The molecule has 3 aromatic heterocycles. The van der Waals surface area contributed by atoms with Crippen molar-refractivity contribution in [2.45, 2.75) is 32.2 Å². The minimum atomic E-state index is -0.499. The number of furan rings is 2. The van der Waals surface area contributed by atoms with Crippen molar-refractivity contribution >= 4 is 23.7 Å². The van der Waals surface area contributed by atoms with Crippen LogP contribution in [0.4, 0.5) is 0 Å². The van der Waals surface area contributed by atoms with Gasteiger partial charge in [0.05, 0.1) is 19.1 Å². The maximum Gasteiger partial charge on any atom is 0.341 e. The van der Waals surface area contributed by atoms with Crippen molar-refractivity contribution in [2.24, 2.45) is 0 Å². The van der Waals surface area contributed by atoms with E-state index >= 15 is 0 Å². The smallest absolute Gasteiger partial charge is 0.341 e. The van der Waals surface area contributed by atoms with E-state index in [1.54, 1.807) is 25.3 Å². The Bertz CT molecular complexity index is 960. The number of rotatable bonds is 8. The first-order valence-corrected chi connectivity index (χ1v) is 9.45. The van der Waals surface area contributed by atoms with Gasteiger partial charge in [-0.05, 0) is 32.0 Å². The van der Waals surface area contributed by atoms with Gasteiger partial charge in [-0.25, -0.2) is 4.79 Å². The molecule has 3 aromatic rings. The zero-order valence-corrected chi connectivity index (χ0v) is 16.4. The van der Waals surface area contributed by atoms with Crippen molar-refractivity contribution in [3.8, 4) is 11.6 Å². The molecule has 0 amide bonds. The number of carbonyl (C=O) groups excluding carboxylic acids is 2. The summed E-state index contributed by atoms with van der Waals surface area (Å²) in [5.74, 6) is 1.11. The average Bonchev–Trinajstić information content (AvgIpc) is 3.42. The fraction of sp³-hybridized carbons (Fsp3) is 0.333. The van der Waals surface area contributed by atoms with Crippen LogP contribution in [0.2, 0.25) is 0 Å². The van der Waals surface area contributed by atoms with Crippen molar-refractivity contribution < 1.29 is 27.9 Å². The van der Waals surface area contributed by atoms with Gasteiger partial charge in [-0.2, -0.15) is 0 Å². The van der Waals surface area contributed by atoms with Gasteiger partial charge in [0, 0.05) is 6.54 Å². The molecule has 9 nitrogen and oxygen atoms in total. The maximum absolute atomic E-state index is 12.1. The van der Waals surface area contributed by atoms with E-state index in [1.807, 2.05) is 11.5 Å². The third-order valence-electron chi connectivity index (χ3n) is 3.84. The van der Waals surface area contributed by atoms with Gasteiger partial charge in [0.25, 0.3) is 0 Å². The first-order chi connectivity index (χ1) is 13.5. The van der Waals surface area contributed by atoms with E-state index < -0.39 is 11.9 Å². The second-order valence-electron chi connectivity index (χ2n) is 5.65. The predicted octanol–water partition coefficient (Wildman–Crippen LogP) is 3.08. The Kier molecular flexibility index (Phi) is 6.19. The van der Waals surface area contributed by atoms with Crippen LogP contribution in [0.1, 0.15) is 28.8 Å². The van der Waals surface area contributed by atoms with Crippen LogP contribution in [-0.2, 0) is 27.4 Å². The molecule has 0 fully saturated rings. The van der Waals surface area contributed by atoms with Gasteiger partial charge in [0.1, 0.15) is 23.7 Å². The number of thioether (sulfide) groups is 1. The summed E-state index contributed by atoms with van der Waals surface area (Å²) >= 11 is 1.22. The number of ether oxygens (including phenoxy) is 2. The SMILES string of the molecule is CCn1c(SCC(=O)OCc2cc(C(=O)OC)c(C)o2)nnc1-c1ccco1. The Morgan fingerprint density at radius 1 is 1.32 bits per heavy atom. The van der Waals surface area contributed by atoms with Gasteiger partial charge in [0.15, 0.2) is 16.7 Å². The van der Waals surface area contributed by atoms with Crippen LogP contribution in [0.3, 0.4) is 0 Å². The lowest BCUT2D eigenvalue weighted by Crippen LogP contribution is -2.08. The third-order valence-corrected chi connectivity index (χ3v) is 4.78. The topological polar surface area (TPSA) is 110 Å². The fourth-order valence-corrected chi connectivity index (χ4v) is 3.31. The highest BCUT2D eigenvalue weighted by Crippen LogP contribution is 2.24. The monoisotopic (exact) mass is 405 g/mol. The van der Waals surface area contributed by atoms with Crippen LogP contribution in [0.25, 0.3) is 11.6 Å². The van der Waals surface area contributed by atoms with Crippen molar-refractivity contribution in [3.05, 3.63) is 41.5 Å². The predicted molar refractivity (Wildman–Crippen MR) is 98.7 cm³/mol. The van der Waals surface area contributed by atoms with E-state index in [9.17, 15) is 9.59 Å². The van der Waals surface area contributed by atoms with Gasteiger partial charge in [-0.1, -0.05) is 11.8 Å². The standard InChI is InChI=1S/C18H19N3O6S/c1-4-21-16(14-6-5-7-25-14)19-20-18(21)28-10-15(22)26-9-12-8-13(11(2)27-12)17(23)24-3/h5-8H,4,9-10H2,1-3H3. The summed E-state index contributed by atoms with van der Waals surface area (Å²) in [6.07, 6.45) is 1.57. The molecule has 148 valence electrons. The molecule has 3 heterocycles.